The lowest BCUT2D eigenvalue weighted by molar-refractivity contribution is -0.151. The monoisotopic (exact) mass is 508 g/mol. The molecule has 0 spiro atoms. The van der Waals surface area contributed by atoms with Crippen LogP contribution in [0.25, 0.3) is 0 Å². The predicted octanol–water partition coefficient (Wildman–Crippen LogP) is 10.3. The summed E-state index contributed by atoms with van der Waals surface area (Å²) in [6, 6.07) is 0. The first-order valence-electron chi connectivity index (χ1n) is 15.7. The number of carbonyl (C=O) groups is 2. The summed E-state index contributed by atoms with van der Waals surface area (Å²) in [6.45, 7) is 4.49. The van der Waals surface area contributed by atoms with Crippen LogP contribution in [0.1, 0.15) is 174 Å². The minimum atomic E-state index is -0.816. The van der Waals surface area contributed by atoms with Crippen molar-refractivity contribution >= 4 is 11.9 Å². The maximum Gasteiger partial charge on any atom is 0.306 e. The van der Waals surface area contributed by atoms with Crippen molar-refractivity contribution in [3.8, 4) is 0 Å². The molecule has 36 heavy (non-hydrogen) atoms. The number of ether oxygens (including phenoxy) is 1. The molecule has 0 saturated heterocycles. The van der Waals surface area contributed by atoms with Gasteiger partial charge in [-0.15, -0.1) is 0 Å². The number of rotatable bonds is 28. The van der Waals surface area contributed by atoms with Crippen molar-refractivity contribution in [3.63, 3.8) is 0 Å². The lowest BCUT2D eigenvalue weighted by atomic mass is 10.0. The summed E-state index contributed by atoms with van der Waals surface area (Å²) in [6.07, 6.45) is 32.2. The van der Waals surface area contributed by atoms with E-state index in [1.54, 1.807) is 0 Å². The number of carbonyl (C=O) groups excluding carboxylic acids is 1. The van der Waals surface area contributed by atoms with Crippen molar-refractivity contribution in [2.75, 3.05) is 0 Å². The summed E-state index contributed by atoms with van der Waals surface area (Å²) in [7, 11) is 0. The number of hydrogen-bond donors (Lipinski definition) is 1. The van der Waals surface area contributed by atoms with Gasteiger partial charge in [-0.1, -0.05) is 122 Å². The molecule has 0 aromatic heterocycles. The van der Waals surface area contributed by atoms with E-state index in [1.165, 1.54) is 109 Å². The van der Waals surface area contributed by atoms with Crippen LogP contribution < -0.4 is 0 Å². The van der Waals surface area contributed by atoms with E-state index in [1.807, 2.05) is 0 Å². The first-order chi connectivity index (χ1) is 17.6. The van der Waals surface area contributed by atoms with Crippen LogP contribution in [-0.2, 0) is 14.3 Å². The highest BCUT2D eigenvalue weighted by atomic mass is 16.5. The Labute approximate surface area is 224 Å². The molecule has 1 unspecified atom stereocenters. The van der Waals surface area contributed by atoms with Crippen molar-refractivity contribution < 1.29 is 19.4 Å². The molecule has 1 N–H and O–H groups in total. The van der Waals surface area contributed by atoms with Gasteiger partial charge in [-0.3, -0.25) is 9.59 Å². The first kappa shape index (κ1) is 34.7. The number of carboxylic acids is 1. The Kier molecular flexibility index (Phi) is 27.2. The first-order valence-corrected chi connectivity index (χ1v) is 15.7. The van der Waals surface area contributed by atoms with Crippen LogP contribution in [0.3, 0.4) is 0 Å². The van der Waals surface area contributed by atoms with Crippen LogP contribution in [0.2, 0.25) is 0 Å². The second-order valence-corrected chi connectivity index (χ2v) is 10.6. The Morgan fingerprint density at radius 3 is 1.53 bits per heavy atom. The Bertz CT molecular complexity index is 514. The maximum atomic E-state index is 12.3. The fourth-order valence-corrected chi connectivity index (χ4v) is 4.64. The molecule has 0 aliphatic heterocycles. The predicted molar refractivity (Wildman–Crippen MR) is 153 cm³/mol. The van der Waals surface area contributed by atoms with E-state index in [0.29, 0.717) is 12.8 Å². The third-order valence-corrected chi connectivity index (χ3v) is 7.00. The smallest absolute Gasteiger partial charge is 0.306 e. The zero-order valence-electron chi connectivity index (χ0n) is 24.1. The number of allylic oxidation sites excluding steroid dienone is 2. The normalized spacial score (nSPS) is 12.3. The molecule has 4 nitrogen and oxygen atoms in total. The van der Waals surface area contributed by atoms with Crippen LogP contribution in [0.4, 0.5) is 0 Å². The van der Waals surface area contributed by atoms with E-state index in [-0.39, 0.29) is 18.5 Å². The zero-order valence-corrected chi connectivity index (χ0v) is 24.1. The zero-order chi connectivity index (χ0) is 26.5. The van der Waals surface area contributed by atoms with Crippen LogP contribution in [0, 0.1) is 0 Å². The highest BCUT2D eigenvalue weighted by Gasteiger charge is 2.15. The van der Waals surface area contributed by atoms with Crippen LogP contribution in [0.5, 0.6) is 0 Å². The molecule has 0 heterocycles. The van der Waals surface area contributed by atoms with Gasteiger partial charge in [0.2, 0.25) is 0 Å². The molecule has 4 heteroatoms. The summed E-state index contributed by atoms with van der Waals surface area (Å²) in [5.41, 5.74) is 0. The van der Waals surface area contributed by atoms with Gasteiger partial charge in [-0.2, -0.15) is 0 Å². The second-order valence-electron chi connectivity index (χ2n) is 10.6. The topological polar surface area (TPSA) is 63.6 Å². The Morgan fingerprint density at radius 2 is 1.03 bits per heavy atom. The minimum Gasteiger partial charge on any atom is -0.481 e. The van der Waals surface area contributed by atoms with Gasteiger partial charge in [0, 0.05) is 12.8 Å². The molecule has 0 aromatic rings. The molecule has 0 bridgehead atoms. The van der Waals surface area contributed by atoms with E-state index < -0.39 is 5.97 Å². The van der Waals surface area contributed by atoms with Crippen molar-refractivity contribution in [1.29, 1.82) is 0 Å². The summed E-state index contributed by atoms with van der Waals surface area (Å²) >= 11 is 0. The quantitative estimate of drug-likeness (QED) is 0.0648. The van der Waals surface area contributed by atoms with Crippen LogP contribution in [0.15, 0.2) is 12.2 Å². The molecule has 0 rings (SSSR count). The molecule has 0 radical (unpaired) electrons. The minimum absolute atomic E-state index is 0.0718. The molecule has 0 amide bonds. The SMILES string of the molecule is CCCCCCCC/C=C\CCCCCCCC(=O)OC(CCCCCCCCCC)CCC(=O)O. The summed E-state index contributed by atoms with van der Waals surface area (Å²) in [4.78, 5) is 23.3. The third kappa shape index (κ3) is 27.3. The largest absolute Gasteiger partial charge is 0.481 e. The molecule has 0 aliphatic rings. The number of carboxylic acid groups (broad SMARTS) is 1. The summed E-state index contributed by atoms with van der Waals surface area (Å²) in [5.74, 6) is -0.966. The number of aliphatic carboxylic acids is 1. The fourth-order valence-electron chi connectivity index (χ4n) is 4.64. The average molecular weight is 509 g/mol. The van der Waals surface area contributed by atoms with Crippen molar-refractivity contribution in [1.82, 2.24) is 0 Å². The molecular formula is C32H60O4. The molecule has 0 saturated carbocycles. The van der Waals surface area contributed by atoms with Gasteiger partial charge in [-0.25, -0.2) is 0 Å². The summed E-state index contributed by atoms with van der Waals surface area (Å²) in [5, 5.41) is 9.02. The lowest BCUT2D eigenvalue weighted by Gasteiger charge is -2.17. The number of unbranched alkanes of at least 4 members (excludes halogenated alkanes) is 18. The van der Waals surface area contributed by atoms with Crippen LogP contribution in [-0.4, -0.2) is 23.1 Å². The molecule has 1 atom stereocenters. The fraction of sp³-hybridized carbons (Fsp3) is 0.875. The highest BCUT2D eigenvalue weighted by molar-refractivity contribution is 5.69. The van der Waals surface area contributed by atoms with Gasteiger partial charge < -0.3 is 9.84 Å². The van der Waals surface area contributed by atoms with E-state index in [2.05, 4.69) is 26.0 Å². The number of hydrogen-bond acceptors (Lipinski definition) is 3. The van der Waals surface area contributed by atoms with Crippen molar-refractivity contribution in [2.45, 2.75) is 180 Å². The van der Waals surface area contributed by atoms with Crippen molar-refractivity contribution in [3.05, 3.63) is 12.2 Å². The summed E-state index contributed by atoms with van der Waals surface area (Å²) < 4.78 is 5.67. The molecule has 0 aliphatic carbocycles. The van der Waals surface area contributed by atoms with Crippen molar-refractivity contribution in [2.24, 2.45) is 0 Å². The Hall–Kier alpha value is -1.32. The lowest BCUT2D eigenvalue weighted by Crippen LogP contribution is -2.19. The molecular weight excluding hydrogens is 448 g/mol. The molecule has 212 valence electrons. The van der Waals surface area contributed by atoms with Gasteiger partial charge in [0.15, 0.2) is 0 Å². The van der Waals surface area contributed by atoms with Gasteiger partial charge in [0.25, 0.3) is 0 Å². The molecule has 0 fully saturated rings. The molecule has 0 aromatic carbocycles. The number of esters is 1. The van der Waals surface area contributed by atoms with Gasteiger partial charge in [-0.05, 0) is 51.4 Å². The van der Waals surface area contributed by atoms with E-state index in [9.17, 15) is 9.59 Å². The standard InChI is InChI=1S/C32H60O4/c1-3-5-7-9-11-13-14-15-16-17-18-19-21-23-25-27-32(35)36-30(28-29-31(33)34)26-24-22-20-12-10-8-6-4-2/h15-16,30H,3-14,17-29H2,1-2H3,(H,33,34)/b16-15-. The average Bonchev–Trinajstić information content (AvgIpc) is 2.86. The Balaban J connectivity index is 3.76. The highest BCUT2D eigenvalue weighted by Crippen LogP contribution is 2.17. The van der Waals surface area contributed by atoms with Gasteiger partial charge >= 0.3 is 11.9 Å². The third-order valence-electron chi connectivity index (χ3n) is 7.00. The van der Waals surface area contributed by atoms with Crippen LogP contribution >= 0.6 is 0 Å². The maximum absolute atomic E-state index is 12.3. The van der Waals surface area contributed by atoms with E-state index >= 15 is 0 Å². The van der Waals surface area contributed by atoms with Gasteiger partial charge in [0.05, 0.1) is 0 Å². The van der Waals surface area contributed by atoms with E-state index in [0.717, 1.165) is 32.1 Å². The second kappa shape index (κ2) is 28.3. The van der Waals surface area contributed by atoms with Gasteiger partial charge in [0.1, 0.15) is 6.10 Å². The Morgan fingerprint density at radius 1 is 0.583 bits per heavy atom. The van der Waals surface area contributed by atoms with E-state index in [4.69, 9.17) is 9.84 Å².